The van der Waals surface area contributed by atoms with Gasteiger partial charge in [-0.2, -0.15) is 0 Å². The molecule has 0 heterocycles. The summed E-state index contributed by atoms with van der Waals surface area (Å²) in [4.78, 5) is 43.0. The van der Waals surface area contributed by atoms with Gasteiger partial charge in [0.15, 0.2) is 0 Å². The van der Waals surface area contributed by atoms with Crippen molar-refractivity contribution in [3.63, 3.8) is 0 Å². The highest BCUT2D eigenvalue weighted by atomic mass is 16.4. The zero-order valence-corrected chi connectivity index (χ0v) is 9.77. The lowest BCUT2D eigenvalue weighted by molar-refractivity contribution is -0.158. The van der Waals surface area contributed by atoms with E-state index in [4.69, 9.17) is 20.4 Å². The third-order valence-corrected chi connectivity index (χ3v) is 2.02. The Balaban J connectivity index is 4.60. The van der Waals surface area contributed by atoms with Gasteiger partial charge in [-0.05, 0) is 0 Å². The number of nitrogens with one attached hydrogen (secondary N) is 1. The van der Waals surface area contributed by atoms with Crippen LogP contribution in [-0.4, -0.2) is 81.4 Å². The minimum atomic E-state index is -2.00. The first kappa shape index (κ1) is 16.8. The minimum Gasteiger partial charge on any atom is -0.480 e. The summed E-state index contributed by atoms with van der Waals surface area (Å²) < 4.78 is 0. The summed E-state index contributed by atoms with van der Waals surface area (Å²) in [6, 6.07) is -2.00. The van der Waals surface area contributed by atoms with Gasteiger partial charge in [-0.1, -0.05) is 0 Å². The van der Waals surface area contributed by atoms with E-state index in [-0.39, 0.29) is 13.1 Å². The molecule has 0 aliphatic heterocycles. The summed E-state index contributed by atoms with van der Waals surface area (Å²) in [6.45, 7) is -1.47. The molecule has 0 amide bonds. The zero-order chi connectivity index (χ0) is 15.0. The average molecular weight is 278 g/mol. The Bertz CT molecular complexity index is 355. The van der Waals surface area contributed by atoms with E-state index < -0.39 is 43.0 Å². The molecule has 0 fully saturated rings. The van der Waals surface area contributed by atoms with E-state index in [9.17, 15) is 19.2 Å². The number of carbonyl (C=O) groups is 4. The van der Waals surface area contributed by atoms with Crippen molar-refractivity contribution >= 4 is 23.9 Å². The summed E-state index contributed by atoms with van der Waals surface area (Å²) in [7, 11) is 0. The molecule has 0 saturated carbocycles. The second-order valence-corrected chi connectivity index (χ2v) is 3.51. The Labute approximate surface area is 107 Å². The lowest BCUT2D eigenvalue weighted by atomic mass is 10.2. The Morgan fingerprint density at radius 2 is 1.47 bits per heavy atom. The van der Waals surface area contributed by atoms with Gasteiger partial charge in [0.1, 0.15) is 0 Å². The van der Waals surface area contributed by atoms with Crippen molar-refractivity contribution in [3.05, 3.63) is 0 Å². The van der Waals surface area contributed by atoms with Crippen LogP contribution in [0.2, 0.25) is 0 Å². The largest absolute Gasteiger partial charge is 0.480 e. The number of carboxylic acids is 4. The molecule has 0 aromatic heterocycles. The highest BCUT2D eigenvalue weighted by molar-refractivity contribution is 5.97. The number of carboxylic acid groups (broad SMARTS) is 4. The fraction of sp³-hybridized carbons (Fsp3) is 0.556. The first-order valence-electron chi connectivity index (χ1n) is 5.09. The van der Waals surface area contributed by atoms with Crippen LogP contribution in [0.25, 0.3) is 0 Å². The molecule has 0 unspecified atom stereocenters. The maximum Gasteiger partial charge on any atom is 0.332 e. The van der Waals surface area contributed by atoms with Crippen LogP contribution in [0, 0.1) is 0 Å². The molecule has 0 spiro atoms. The normalized spacial score (nSPS) is 10.6. The molecule has 0 radical (unpaired) electrons. The highest BCUT2D eigenvalue weighted by Crippen LogP contribution is 2.00. The van der Waals surface area contributed by atoms with Crippen LogP contribution >= 0.6 is 0 Å². The molecule has 10 nitrogen and oxygen atoms in total. The molecule has 0 aliphatic carbocycles. The summed E-state index contributed by atoms with van der Waals surface area (Å²) >= 11 is 0. The van der Waals surface area contributed by atoms with E-state index in [2.05, 4.69) is 5.32 Å². The molecule has 0 saturated heterocycles. The zero-order valence-electron chi connectivity index (χ0n) is 9.77. The Kier molecular flexibility index (Phi) is 7.07. The van der Waals surface area contributed by atoms with Crippen LogP contribution in [0.15, 0.2) is 0 Å². The third-order valence-electron chi connectivity index (χ3n) is 2.02. The quantitative estimate of drug-likeness (QED) is 0.214. The molecule has 0 aromatic carbocycles. The van der Waals surface area contributed by atoms with Crippen molar-refractivity contribution in [3.8, 4) is 0 Å². The molecule has 19 heavy (non-hydrogen) atoms. The smallest absolute Gasteiger partial charge is 0.332 e. The minimum absolute atomic E-state index is 0.0589. The van der Waals surface area contributed by atoms with Gasteiger partial charge in [-0.25, -0.2) is 9.59 Å². The molecule has 0 aliphatic rings. The number of hydrogen-bond donors (Lipinski definition) is 5. The standard InChI is InChI=1S/C9H14N2O8/c12-5(13)3-10-1-2-11(4-6(14)15)7(8(16)17)9(18)19/h7,10H,1-4H2,(H,12,13)(H,14,15)(H,16,17)(H,18,19). The predicted molar refractivity (Wildman–Crippen MR) is 58.8 cm³/mol. The molecule has 0 aromatic rings. The van der Waals surface area contributed by atoms with Gasteiger partial charge < -0.3 is 25.7 Å². The summed E-state index contributed by atoms with van der Waals surface area (Å²) in [6.07, 6.45) is 0. The van der Waals surface area contributed by atoms with Crippen LogP contribution in [0.5, 0.6) is 0 Å². The SMILES string of the molecule is O=C(O)CNCCN(CC(=O)O)C(C(=O)O)C(=O)O. The van der Waals surface area contributed by atoms with Crippen molar-refractivity contribution < 1.29 is 39.6 Å². The van der Waals surface area contributed by atoms with Crippen LogP contribution in [0.4, 0.5) is 0 Å². The van der Waals surface area contributed by atoms with Gasteiger partial charge in [0.2, 0.25) is 6.04 Å². The van der Waals surface area contributed by atoms with Crippen LogP contribution in [0.3, 0.4) is 0 Å². The molecule has 0 bridgehead atoms. The fourth-order valence-electron chi connectivity index (χ4n) is 1.31. The van der Waals surface area contributed by atoms with Gasteiger partial charge in [0.25, 0.3) is 0 Å². The van der Waals surface area contributed by atoms with E-state index in [0.717, 1.165) is 0 Å². The molecule has 0 atom stereocenters. The number of aliphatic carboxylic acids is 4. The van der Waals surface area contributed by atoms with E-state index in [0.29, 0.717) is 4.90 Å². The Morgan fingerprint density at radius 1 is 0.947 bits per heavy atom. The van der Waals surface area contributed by atoms with Gasteiger partial charge in [0, 0.05) is 13.1 Å². The first-order chi connectivity index (χ1) is 8.75. The van der Waals surface area contributed by atoms with Crippen molar-refractivity contribution in [1.82, 2.24) is 10.2 Å². The summed E-state index contributed by atoms with van der Waals surface area (Å²) in [5.74, 6) is -5.90. The van der Waals surface area contributed by atoms with Gasteiger partial charge in [0.05, 0.1) is 13.1 Å². The van der Waals surface area contributed by atoms with Gasteiger partial charge >= 0.3 is 23.9 Å². The first-order valence-corrected chi connectivity index (χ1v) is 5.09. The maximum atomic E-state index is 10.8. The predicted octanol–water partition coefficient (Wildman–Crippen LogP) is -2.41. The van der Waals surface area contributed by atoms with Crippen molar-refractivity contribution in [2.75, 3.05) is 26.2 Å². The monoisotopic (exact) mass is 278 g/mol. The molecule has 5 N–H and O–H groups in total. The van der Waals surface area contributed by atoms with Crippen molar-refractivity contribution in [1.29, 1.82) is 0 Å². The average Bonchev–Trinajstić information content (AvgIpc) is 2.21. The second kappa shape index (κ2) is 8.00. The topological polar surface area (TPSA) is 164 Å². The fourth-order valence-corrected chi connectivity index (χ4v) is 1.31. The molecule has 108 valence electrons. The second-order valence-electron chi connectivity index (χ2n) is 3.51. The van der Waals surface area contributed by atoms with E-state index in [1.165, 1.54) is 0 Å². The van der Waals surface area contributed by atoms with Gasteiger partial charge in [-0.3, -0.25) is 14.5 Å². The molecule has 10 heteroatoms. The maximum absolute atomic E-state index is 10.8. The number of hydrogen-bond acceptors (Lipinski definition) is 6. The van der Waals surface area contributed by atoms with Crippen LogP contribution in [-0.2, 0) is 19.2 Å². The Morgan fingerprint density at radius 3 is 1.84 bits per heavy atom. The molecular weight excluding hydrogens is 264 g/mol. The third kappa shape index (κ3) is 6.95. The van der Waals surface area contributed by atoms with E-state index in [1.54, 1.807) is 0 Å². The van der Waals surface area contributed by atoms with Gasteiger partial charge in [-0.15, -0.1) is 0 Å². The lowest BCUT2D eigenvalue weighted by Crippen LogP contribution is -2.51. The summed E-state index contributed by atoms with van der Waals surface area (Å²) in [5, 5.41) is 36.8. The summed E-state index contributed by atoms with van der Waals surface area (Å²) in [5.41, 5.74) is 0. The number of rotatable bonds is 10. The van der Waals surface area contributed by atoms with E-state index in [1.807, 2.05) is 0 Å². The lowest BCUT2D eigenvalue weighted by Gasteiger charge is -2.24. The Hall–Kier alpha value is -2.20. The van der Waals surface area contributed by atoms with Crippen LogP contribution in [0.1, 0.15) is 0 Å². The van der Waals surface area contributed by atoms with Crippen molar-refractivity contribution in [2.45, 2.75) is 6.04 Å². The highest BCUT2D eigenvalue weighted by Gasteiger charge is 2.33. The van der Waals surface area contributed by atoms with Crippen LogP contribution < -0.4 is 5.32 Å². The molecular formula is C9H14N2O8. The number of nitrogens with zero attached hydrogens (tertiary/aromatic N) is 1. The van der Waals surface area contributed by atoms with E-state index >= 15 is 0 Å². The molecule has 0 rings (SSSR count). The van der Waals surface area contributed by atoms with Crippen molar-refractivity contribution in [2.24, 2.45) is 0 Å².